The highest BCUT2D eigenvalue weighted by Crippen LogP contribution is 2.49. The topological polar surface area (TPSA) is 8.17 Å². The first-order valence-electron chi connectivity index (χ1n) is 21.5. The molecule has 296 valence electrons. The third-order valence-electron chi connectivity index (χ3n) is 12.4. The molecule has 0 radical (unpaired) electrons. The number of aromatic nitrogens is 1. The van der Waals surface area contributed by atoms with E-state index in [0.717, 1.165) is 28.3 Å². The molecule has 0 spiro atoms. The standard InChI is InChI=1S/C60H40N2S/c1-4-18-41(19-5-1)47-24-10-11-27-52(47)59-48(42-20-6-2-7-21-42)28-17-32-56(59)61(46-38-39-58-54(40-46)51-26-13-15-33-57(51)63-58)45-36-34-43(35-37-45)49-29-16-30-53-50-25-12-14-31-55(50)62(60(49)53)44-22-8-3-9-23-44/h1-40H. The van der Waals surface area contributed by atoms with Gasteiger partial charge >= 0.3 is 0 Å². The fraction of sp³-hybridized carbons (Fsp3) is 0. The van der Waals surface area contributed by atoms with Crippen LogP contribution in [0.15, 0.2) is 243 Å². The molecule has 2 nitrogen and oxygen atoms in total. The van der Waals surface area contributed by atoms with Crippen LogP contribution in [0.3, 0.4) is 0 Å². The highest BCUT2D eigenvalue weighted by molar-refractivity contribution is 7.25. The second kappa shape index (κ2) is 15.5. The Hall–Kier alpha value is -7.98. The minimum Gasteiger partial charge on any atom is -0.310 e. The summed E-state index contributed by atoms with van der Waals surface area (Å²) in [6.45, 7) is 0. The van der Waals surface area contributed by atoms with E-state index < -0.39 is 0 Å². The molecule has 0 bridgehead atoms. The third-order valence-corrected chi connectivity index (χ3v) is 13.6. The monoisotopic (exact) mass is 820 g/mol. The van der Waals surface area contributed by atoms with Gasteiger partial charge in [-0.05, 0) is 94.0 Å². The van der Waals surface area contributed by atoms with Crippen molar-refractivity contribution < 1.29 is 0 Å². The minimum absolute atomic E-state index is 1.08. The van der Waals surface area contributed by atoms with Crippen molar-refractivity contribution in [1.29, 1.82) is 0 Å². The zero-order valence-electron chi connectivity index (χ0n) is 34.4. The molecule has 3 heteroatoms. The second-order valence-electron chi connectivity index (χ2n) is 16.0. The Kier molecular flexibility index (Phi) is 9.06. The average molecular weight is 821 g/mol. The van der Waals surface area contributed by atoms with Gasteiger partial charge in [0.05, 0.1) is 16.7 Å². The van der Waals surface area contributed by atoms with Crippen LogP contribution in [0, 0.1) is 0 Å². The zero-order valence-corrected chi connectivity index (χ0v) is 35.2. The molecule has 12 aromatic rings. The van der Waals surface area contributed by atoms with Gasteiger partial charge in [-0.3, -0.25) is 0 Å². The Morgan fingerprint density at radius 1 is 0.333 bits per heavy atom. The lowest BCUT2D eigenvalue weighted by Gasteiger charge is -2.30. The van der Waals surface area contributed by atoms with E-state index in [1.165, 1.54) is 80.9 Å². The summed E-state index contributed by atoms with van der Waals surface area (Å²) in [7, 11) is 0. The Bertz CT molecular complexity index is 3600. The Morgan fingerprint density at radius 2 is 0.873 bits per heavy atom. The fourth-order valence-corrected chi connectivity index (χ4v) is 10.7. The quantitative estimate of drug-likeness (QED) is 0.148. The van der Waals surface area contributed by atoms with Crippen molar-refractivity contribution in [3.63, 3.8) is 0 Å². The second-order valence-corrected chi connectivity index (χ2v) is 17.1. The molecule has 0 saturated heterocycles. The molecule has 2 aromatic heterocycles. The van der Waals surface area contributed by atoms with Crippen molar-refractivity contribution in [2.45, 2.75) is 0 Å². The predicted molar refractivity (Wildman–Crippen MR) is 270 cm³/mol. The molecule has 0 fully saturated rings. The lowest BCUT2D eigenvalue weighted by molar-refractivity contribution is 1.18. The molecule has 0 aliphatic carbocycles. The maximum Gasteiger partial charge on any atom is 0.0619 e. The molecular weight excluding hydrogens is 781 g/mol. The molecule has 2 heterocycles. The van der Waals surface area contributed by atoms with Gasteiger partial charge in [-0.25, -0.2) is 0 Å². The molecule has 0 N–H and O–H groups in total. The van der Waals surface area contributed by atoms with Crippen LogP contribution in [0.25, 0.3) is 92.2 Å². The molecule has 0 amide bonds. The minimum atomic E-state index is 1.08. The predicted octanol–water partition coefficient (Wildman–Crippen LogP) is 17.3. The Balaban J connectivity index is 1.11. The van der Waals surface area contributed by atoms with Crippen molar-refractivity contribution in [3.05, 3.63) is 243 Å². The van der Waals surface area contributed by atoms with E-state index in [1.54, 1.807) is 0 Å². The Morgan fingerprint density at radius 3 is 1.65 bits per heavy atom. The van der Waals surface area contributed by atoms with Gasteiger partial charge in [-0.2, -0.15) is 0 Å². The number of para-hydroxylation sites is 3. The van der Waals surface area contributed by atoms with Crippen LogP contribution >= 0.6 is 11.3 Å². The number of anilines is 3. The van der Waals surface area contributed by atoms with Crippen LogP contribution in [0.1, 0.15) is 0 Å². The lowest BCUT2D eigenvalue weighted by Crippen LogP contribution is -2.12. The number of rotatable bonds is 8. The van der Waals surface area contributed by atoms with E-state index in [-0.39, 0.29) is 0 Å². The molecule has 0 aliphatic rings. The largest absolute Gasteiger partial charge is 0.310 e. The molecule has 0 aliphatic heterocycles. The normalized spacial score (nSPS) is 11.5. The molecule has 12 rings (SSSR count). The van der Waals surface area contributed by atoms with E-state index >= 15 is 0 Å². The van der Waals surface area contributed by atoms with Gasteiger partial charge < -0.3 is 9.47 Å². The summed E-state index contributed by atoms with van der Waals surface area (Å²) in [5, 5.41) is 5.04. The number of fused-ring (bicyclic) bond motifs is 6. The van der Waals surface area contributed by atoms with E-state index in [2.05, 4.69) is 252 Å². The first-order chi connectivity index (χ1) is 31.3. The van der Waals surface area contributed by atoms with E-state index in [1.807, 2.05) is 11.3 Å². The number of benzene rings is 10. The number of hydrogen-bond acceptors (Lipinski definition) is 2. The van der Waals surface area contributed by atoms with Crippen LogP contribution in [-0.4, -0.2) is 4.57 Å². The van der Waals surface area contributed by atoms with Crippen LogP contribution in [0.5, 0.6) is 0 Å². The fourth-order valence-electron chi connectivity index (χ4n) is 9.61. The van der Waals surface area contributed by atoms with Crippen molar-refractivity contribution in [2.75, 3.05) is 4.90 Å². The average Bonchev–Trinajstić information content (AvgIpc) is 3.91. The van der Waals surface area contributed by atoms with E-state index in [9.17, 15) is 0 Å². The van der Waals surface area contributed by atoms with Crippen LogP contribution in [0.2, 0.25) is 0 Å². The third kappa shape index (κ3) is 6.33. The summed E-state index contributed by atoms with van der Waals surface area (Å²) in [6.07, 6.45) is 0. The van der Waals surface area contributed by atoms with Gasteiger partial charge in [0.2, 0.25) is 0 Å². The summed E-state index contributed by atoms with van der Waals surface area (Å²) < 4.78 is 5.00. The van der Waals surface area contributed by atoms with Crippen LogP contribution < -0.4 is 4.90 Å². The van der Waals surface area contributed by atoms with Gasteiger partial charge in [-0.1, -0.05) is 182 Å². The molecule has 0 atom stereocenters. The number of thiophene rings is 1. The first-order valence-corrected chi connectivity index (χ1v) is 22.3. The first kappa shape index (κ1) is 36.8. The van der Waals surface area contributed by atoms with Gasteiger partial charge in [0.25, 0.3) is 0 Å². The maximum atomic E-state index is 2.47. The highest BCUT2D eigenvalue weighted by Gasteiger charge is 2.24. The molecule has 0 saturated carbocycles. The van der Waals surface area contributed by atoms with Crippen molar-refractivity contribution in [1.82, 2.24) is 4.57 Å². The Labute approximate surface area is 370 Å². The molecule has 63 heavy (non-hydrogen) atoms. The van der Waals surface area contributed by atoms with E-state index in [4.69, 9.17) is 0 Å². The van der Waals surface area contributed by atoms with Crippen molar-refractivity contribution in [3.8, 4) is 50.2 Å². The van der Waals surface area contributed by atoms with Gasteiger partial charge in [0.15, 0.2) is 0 Å². The van der Waals surface area contributed by atoms with Crippen LogP contribution in [-0.2, 0) is 0 Å². The van der Waals surface area contributed by atoms with Crippen molar-refractivity contribution >= 4 is 70.4 Å². The summed E-state index contributed by atoms with van der Waals surface area (Å²) in [4.78, 5) is 2.47. The molecule has 10 aromatic carbocycles. The number of nitrogens with zero attached hydrogens (tertiary/aromatic N) is 2. The number of hydrogen-bond donors (Lipinski definition) is 0. The smallest absolute Gasteiger partial charge is 0.0619 e. The summed E-state index contributed by atoms with van der Waals surface area (Å²) in [5.41, 5.74) is 16.3. The van der Waals surface area contributed by atoms with E-state index in [0.29, 0.717) is 0 Å². The lowest BCUT2D eigenvalue weighted by atomic mass is 9.87. The van der Waals surface area contributed by atoms with Crippen molar-refractivity contribution in [2.24, 2.45) is 0 Å². The molecular formula is C60H40N2S. The summed E-state index contributed by atoms with van der Waals surface area (Å²) >= 11 is 1.85. The van der Waals surface area contributed by atoms with Gasteiger partial charge in [-0.15, -0.1) is 11.3 Å². The molecule has 0 unspecified atom stereocenters. The summed E-state index contributed by atoms with van der Waals surface area (Å²) in [5.74, 6) is 0. The van der Waals surface area contributed by atoms with Gasteiger partial charge in [0, 0.05) is 59.1 Å². The summed E-state index contributed by atoms with van der Waals surface area (Å²) in [6, 6.07) is 88.5. The van der Waals surface area contributed by atoms with Crippen LogP contribution in [0.4, 0.5) is 17.1 Å². The SMILES string of the molecule is c1ccc(-c2ccccc2-c2c(-c3ccccc3)cccc2N(c2ccc(-c3cccc4c5ccccc5n(-c5ccccc5)c34)cc2)c2ccc3sc4ccccc4c3c2)cc1. The maximum absolute atomic E-state index is 2.47. The zero-order chi connectivity index (χ0) is 41.7. The van der Waals surface area contributed by atoms with Gasteiger partial charge in [0.1, 0.15) is 0 Å². The highest BCUT2D eigenvalue weighted by atomic mass is 32.1.